The maximum Gasteiger partial charge on any atom is 0.254 e. The molecule has 1 heterocycles. The fraction of sp³-hybridized carbons (Fsp3) is 0.366. The average molecular weight is 618 g/mol. The molecule has 46 heavy (non-hydrogen) atoms. The Morgan fingerprint density at radius 3 is 2.24 bits per heavy atom. The van der Waals surface area contributed by atoms with E-state index in [1.165, 1.54) is 11.1 Å². The Morgan fingerprint density at radius 2 is 1.57 bits per heavy atom. The number of carbonyl (C=O) groups is 2. The van der Waals surface area contributed by atoms with Crippen molar-refractivity contribution in [1.29, 1.82) is 0 Å². The van der Waals surface area contributed by atoms with Crippen molar-refractivity contribution in [3.8, 4) is 0 Å². The number of Topliss-reactive ketones (excluding diaryl/α,β-unsaturated/α-hetero) is 1. The molecule has 0 saturated carbocycles. The van der Waals surface area contributed by atoms with E-state index in [9.17, 15) is 14.7 Å². The number of aliphatic hydroxyl groups excluding tert-OH is 1. The molecule has 4 atom stereocenters. The highest BCUT2D eigenvalue weighted by molar-refractivity contribution is 6.01. The average Bonchev–Trinajstić information content (AvgIpc) is 3.57. The molecule has 1 amide bonds. The maximum absolute atomic E-state index is 13.9. The van der Waals surface area contributed by atoms with Gasteiger partial charge >= 0.3 is 0 Å². The minimum atomic E-state index is -0.671. The lowest BCUT2D eigenvalue weighted by Gasteiger charge is -2.31. The Kier molecular flexibility index (Phi) is 10.9. The molecule has 1 aliphatic heterocycles. The second-order valence-corrected chi connectivity index (χ2v) is 13.2. The predicted molar refractivity (Wildman–Crippen MR) is 184 cm³/mol. The fourth-order valence-electron chi connectivity index (χ4n) is 6.83. The number of benzene rings is 4. The molecule has 4 aromatic carbocycles. The molecule has 0 bridgehead atoms. The summed E-state index contributed by atoms with van der Waals surface area (Å²) in [4.78, 5) is 29.2. The highest BCUT2D eigenvalue weighted by Crippen LogP contribution is 2.39. The lowest BCUT2D eigenvalue weighted by Crippen LogP contribution is -2.32. The van der Waals surface area contributed by atoms with Crippen LogP contribution in [0.1, 0.15) is 87.2 Å². The molecule has 1 N–H and O–H groups in total. The van der Waals surface area contributed by atoms with E-state index < -0.39 is 6.10 Å². The molecule has 1 fully saturated rings. The number of carbonyl (C=O) groups excluding carboxylic acids is 2. The van der Waals surface area contributed by atoms with Gasteiger partial charge in [-0.3, -0.25) is 9.59 Å². The molecule has 5 nitrogen and oxygen atoms in total. The lowest BCUT2D eigenvalue weighted by molar-refractivity contribution is 0.0697. The van der Waals surface area contributed by atoms with Gasteiger partial charge in [-0.25, -0.2) is 0 Å². The van der Waals surface area contributed by atoms with Crippen molar-refractivity contribution in [3.63, 3.8) is 0 Å². The highest BCUT2D eigenvalue weighted by Gasteiger charge is 2.38. The zero-order valence-corrected chi connectivity index (χ0v) is 27.6. The van der Waals surface area contributed by atoms with Gasteiger partial charge in [0.25, 0.3) is 5.91 Å². The molecule has 0 spiro atoms. The van der Waals surface area contributed by atoms with Gasteiger partial charge in [-0.05, 0) is 92.8 Å². The summed E-state index contributed by atoms with van der Waals surface area (Å²) < 4.78 is 5.90. The van der Waals surface area contributed by atoms with E-state index in [-0.39, 0.29) is 35.5 Å². The Bertz CT molecular complexity index is 1610. The van der Waals surface area contributed by atoms with Gasteiger partial charge in [-0.1, -0.05) is 90.5 Å². The second kappa shape index (κ2) is 15.0. The Labute approximate surface area is 274 Å². The van der Waals surface area contributed by atoms with E-state index in [0.717, 1.165) is 29.5 Å². The van der Waals surface area contributed by atoms with Gasteiger partial charge in [-0.2, -0.15) is 0 Å². The van der Waals surface area contributed by atoms with Crippen LogP contribution in [-0.4, -0.2) is 48.1 Å². The number of rotatable bonds is 13. The molecule has 1 aliphatic rings. The predicted octanol–water partition coefficient (Wildman–Crippen LogP) is 8.07. The van der Waals surface area contributed by atoms with E-state index in [0.29, 0.717) is 37.2 Å². The summed E-state index contributed by atoms with van der Waals surface area (Å²) >= 11 is 0. The van der Waals surface area contributed by atoms with Crippen molar-refractivity contribution in [3.05, 3.63) is 142 Å². The monoisotopic (exact) mass is 617 g/mol. The van der Waals surface area contributed by atoms with Crippen LogP contribution >= 0.6 is 0 Å². The number of ketones is 1. The van der Waals surface area contributed by atoms with Crippen LogP contribution < -0.4 is 0 Å². The first-order valence-electron chi connectivity index (χ1n) is 16.5. The molecule has 1 saturated heterocycles. The molecule has 240 valence electrons. The third kappa shape index (κ3) is 8.01. The summed E-state index contributed by atoms with van der Waals surface area (Å²) in [6, 6.07) is 33.9. The summed E-state index contributed by atoms with van der Waals surface area (Å²) in [5.41, 5.74) is 6.34. The van der Waals surface area contributed by atoms with Gasteiger partial charge in [-0.15, -0.1) is 0 Å². The van der Waals surface area contributed by atoms with E-state index in [1.807, 2.05) is 74.5 Å². The quantitative estimate of drug-likeness (QED) is 0.154. The third-order valence-corrected chi connectivity index (χ3v) is 9.81. The van der Waals surface area contributed by atoms with Crippen molar-refractivity contribution in [2.45, 2.75) is 70.4 Å². The number of hydrogen-bond acceptors (Lipinski definition) is 4. The van der Waals surface area contributed by atoms with Crippen LogP contribution in [0, 0.1) is 19.8 Å². The van der Waals surface area contributed by atoms with Crippen LogP contribution in [0.2, 0.25) is 0 Å². The summed E-state index contributed by atoms with van der Waals surface area (Å²) in [6.07, 6.45) is 2.39. The molecular formula is C41H47NO4. The second-order valence-electron chi connectivity index (χ2n) is 13.2. The first-order valence-corrected chi connectivity index (χ1v) is 16.5. The van der Waals surface area contributed by atoms with E-state index >= 15 is 0 Å². The standard InChI is InChI=1S/C41H47NO4/c1-29-12-11-17-37(24-29)41(20-21-46-28-41)19-18-38(43)35(25-32-13-7-5-8-14-32)27-39(44)34-22-30(2)23-36(26-34)40(45)42(4)31(3)33-15-9-6-10-16-33/h5-17,22-24,26,31,35,38,43H,18-21,25,27-28H2,1-4H3/t31-,35-,38-,41?/m1/s1. The summed E-state index contributed by atoms with van der Waals surface area (Å²) in [5.74, 6) is -0.462. The van der Waals surface area contributed by atoms with E-state index in [2.05, 4.69) is 43.3 Å². The van der Waals surface area contributed by atoms with Crippen LogP contribution in [0.15, 0.2) is 103 Å². The minimum Gasteiger partial charge on any atom is -0.393 e. The smallest absolute Gasteiger partial charge is 0.254 e. The van der Waals surface area contributed by atoms with E-state index in [1.54, 1.807) is 18.0 Å². The van der Waals surface area contributed by atoms with Crippen LogP contribution in [0.5, 0.6) is 0 Å². The van der Waals surface area contributed by atoms with Crippen molar-refractivity contribution in [2.24, 2.45) is 5.92 Å². The molecule has 4 aromatic rings. The number of nitrogens with zero attached hydrogens (tertiary/aromatic N) is 1. The van der Waals surface area contributed by atoms with Gasteiger partial charge in [0.2, 0.25) is 0 Å². The van der Waals surface area contributed by atoms with Gasteiger partial charge in [0, 0.05) is 36.6 Å². The SMILES string of the molecule is Cc1cc(C(=O)C[C@@H](Cc2ccccc2)[C@H](O)CCC2(c3cccc(C)c3)CCOC2)cc(C(=O)N(C)[C@H](C)c2ccccc2)c1. The van der Waals surface area contributed by atoms with Crippen LogP contribution in [0.3, 0.4) is 0 Å². The Morgan fingerprint density at radius 1 is 0.870 bits per heavy atom. The highest BCUT2D eigenvalue weighted by atomic mass is 16.5. The molecule has 0 radical (unpaired) electrons. The molecule has 1 unspecified atom stereocenters. The largest absolute Gasteiger partial charge is 0.393 e. The normalized spacial score (nSPS) is 18.1. The van der Waals surface area contributed by atoms with Crippen LogP contribution in [0.25, 0.3) is 0 Å². The maximum atomic E-state index is 13.9. The molecular weight excluding hydrogens is 570 g/mol. The third-order valence-electron chi connectivity index (χ3n) is 9.81. The zero-order chi connectivity index (χ0) is 32.7. The van der Waals surface area contributed by atoms with Crippen molar-refractivity contribution in [2.75, 3.05) is 20.3 Å². The first-order chi connectivity index (χ1) is 22.1. The number of amides is 1. The number of aliphatic hydroxyl groups is 1. The zero-order valence-electron chi connectivity index (χ0n) is 27.6. The molecule has 5 heteroatoms. The molecule has 5 rings (SSSR count). The van der Waals surface area contributed by atoms with Crippen molar-refractivity contribution in [1.82, 2.24) is 4.90 Å². The lowest BCUT2D eigenvalue weighted by atomic mass is 9.74. The minimum absolute atomic E-state index is 0.0610. The molecule has 0 aromatic heterocycles. The topological polar surface area (TPSA) is 66.8 Å². The number of aryl methyl sites for hydroxylation is 2. The van der Waals surface area contributed by atoms with Crippen molar-refractivity contribution < 1.29 is 19.4 Å². The van der Waals surface area contributed by atoms with Gasteiger partial charge in [0.05, 0.1) is 18.8 Å². The van der Waals surface area contributed by atoms with Gasteiger partial charge in [0.15, 0.2) is 5.78 Å². The fourth-order valence-corrected chi connectivity index (χ4v) is 6.83. The number of ether oxygens (including phenoxy) is 1. The Hall–Kier alpha value is -4.06. The van der Waals surface area contributed by atoms with Gasteiger partial charge < -0.3 is 14.7 Å². The van der Waals surface area contributed by atoms with Crippen LogP contribution in [-0.2, 0) is 16.6 Å². The summed E-state index contributed by atoms with van der Waals surface area (Å²) in [6.45, 7) is 7.38. The first kappa shape index (κ1) is 33.3. The summed E-state index contributed by atoms with van der Waals surface area (Å²) in [7, 11) is 1.80. The van der Waals surface area contributed by atoms with Crippen molar-refractivity contribution >= 4 is 11.7 Å². The molecule has 0 aliphatic carbocycles. The number of hydrogen-bond donors (Lipinski definition) is 1. The van der Waals surface area contributed by atoms with E-state index in [4.69, 9.17) is 4.74 Å². The van der Waals surface area contributed by atoms with Gasteiger partial charge in [0.1, 0.15) is 0 Å². The van der Waals surface area contributed by atoms with Crippen LogP contribution in [0.4, 0.5) is 0 Å². The summed E-state index contributed by atoms with van der Waals surface area (Å²) in [5, 5.41) is 11.7. The Balaban J connectivity index is 1.34.